The van der Waals surface area contributed by atoms with E-state index in [1.807, 2.05) is 49.1 Å². The predicted octanol–water partition coefficient (Wildman–Crippen LogP) is 4.07. The molecule has 8 unspecified atom stereocenters. The molecule has 3 rings (SSSR count). The summed E-state index contributed by atoms with van der Waals surface area (Å²) in [7, 11) is 4.92. The number of aliphatic hydroxyl groups excluding tert-OH is 1. The summed E-state index contributed by atoms with van der Waals surface area (Å²) in [6.07, 6.45) is 3.58. The van der Waals surface area contributed by atoms with Gasteiger partial charge in [-0.3, -0.25) is 14.4 Å². The van der Waals surface area contributed by atoms with Crippen molar-refractivity contribution in [3.63, 3.8) is 0 Å². The van der Waals surface area contributed by atoms with E-state index in [4.69, 9.17) is 9.47 Å². The number of hydrogen-bond donors (Lipinski definition) is 3. The smallest absolute Gasteiger partial charge is 0.245 e. The molecule has 1 saturated heterocycles. The number of anilines is 1. The summed E-state index contributed by atoms with van der Waals surface area (Å²) in [4.78, 5) is 53.5. The number of hydrogen-bond acceptors (Lipinski definition) is 9. The zero-order valence-corrected chi connectivity index (χ0v) is 30.7. The Morgan fingerprint density at radius 2 is 1.67 bits per heavy atom. The van der Waals surface area contributed by atoms with E-state index in [2.05, 4.69) is 34.4 Å². The Bertz CT molecular complexity index is 1320. The summed E-state index contributed by atoms with van der Waals surface area (Å²) < 4.78 is 11.9. The van der Waals surface area contributed by atoms with E-state index in [1.54, 1.807) is 58.5 Å². The molecule has 0 spiro atoms. The van der Waals surface area contributed by atoms with Crippen LogP contribution in [0.2, 0.25) is 0 Å². The highest BCUT2D eigenvalue weighted by atomic mass is 16.5. The van der Waals surface area contributed by atoms with Gasteiger partial charge in [0, 0.05) is 40.2 Å². The lowest BCUT2D eigenvalue weighted by atomic mass is 9.89. The van der Waals surface area contributed by atoms with Gasteiger partial charge >= 0.3 is 0 Å². The summed E-state index contributed by atoms with van der Waals surface area (Å²) in [5, 5.41) is 16.9. The topological polar surface area (TPSA) is 146 Å². The minimum absolute atomic E-state index is 0.0329. The molecule has 1 aliphatic rings. The van der Waals surface area contributed by atoms with Crippen molar-refractivity contribution >= 4 is 23.7 Å². The molecule has 49 heavy (non-hydrogen) atoms. The van der Waals surface area contributed by atoms with Gasteiger partial charge in [0.05, 0.1) is 48.8 Å². The average Bonchev–Trinajstić information content (AvgIpc) is 3.60. The van der Waals surface area contributed by atoms with E-state index < -0.39 is 36.3 Å². The molecule has 0 aliphatic carbocycles. The van der Waals surface area contributed by atoms with Crippen molar-refractivity contribution in [1.82, 2.24) is 25.1 Å². The summed E-state index contributed by atoms with van der Waals surface area (Å²) >= 11 is 0. The maximum absolute atomic E-state index is 14.1. The standard InChI is InChI=1S/C37H58N6O6/c1-10-24(4)32(42(7)36(47)31(23(2)3)41-37-38-19-15-20-39-37)29(48-8)22-30(44)43-21-14-18-28(43)34(49-9)25(5)35(46)40-26(6)33(45)27-16-12-11-13-17-27/h11-13,15-17,19-20,23-26,28-29,31-34,45H,10,14,18,21-22H2,1-9H3,(H,40,46)(H,38,39,41)/t24?,25?,26?,28-,29?,31?,32?,33?,34?/m0/s1. The van der Waals surface area contributed by atoms with E-state index in [9.17, 15) is 19.5 Å². The largest absolute Gasteiger partial charge is 0.386 e. The van der Waals surface area contributed by atoms with Crippen LogP contribution in [-0.2, 0) is 23.9 Å². The summed E-state index contributed by atoms with van der Waals surface area (Å²) in [5.41, 5.74) is 0.718. The number of benzene rings is 1. The van der Waals surface area contributed by atoms with Gasteiger partial charge < -0.3 is 35.0 Å². The summed E-state index contributed by atoms with van der Waals surface area (Å²) in [6.45, 7) is 12.2. The molecule has 0 saturated carbocycles. The second-order valence-electron chi connectivity index (χ2n) is 13.7. The van der Waals surface area contributed by atoms with Crippen LogP contribution in [0.3, 0.4) is 0 Å². The predicted molar refractivity (Wildman–Crippen MR) is 189 cm³/mol. The third-order valence-corrected chi connectivity index (χ3v) is 10.0. The molecule has 1 aliphatic heterocycles. The third kappa shape index (κ3) is 10.2. The van der Waals surface area contributed by atoms with Crippen LogP contribution in [0, 0.1) is 17.8 Å². The first-order valence-corrected chi connectivity index (χ1v) is 17.5. The van der Waals surface area contributed by atoms with Crippen LogP contribution in [0.25, 0.3) is 0 Å². The molecule has 2 heterocycles. The molecule has 1 fully saturated rings. The Hall–Kier alpha value is -3.61. The molecule has 1 aromatic carbocycles. The number of rotatable bonds is 18. The Morgan fingerprint density at radius 3 is 2.24 bits per heavy atom. The van der Waals surface area contributed by atoms with E-state index in [1.165, 1.54) is 0 Å². The SMILES string of the molecule is CCC(C)C(C(CC(=O)N1CCC[C@H]1C(OC)C(C)C(=O)NC(C)C(O)c1ccccc1)OC)N(C)C(=O)C(Nc1ncccn1)C(C)C. The normalized spacial score (nSPS) is 19.7. The van der Waals surface area contributed by atoms with Gasteiger partial charge in [-0.05, 0) is 43.2 Å². The number of ether oxygens (including phenoxy) is 2. The second kappa shape index (κ2) is 19.0. The minimum Gasteiger partial charge on any atom is -0.386 e. The lowest BCUT2D eigenvalue weighted by Crippen LogP contribution is -2.56. The maximum Gasteiger partial charge on any atom is 0.245 e. The number of carbonyl (C=O) groups is 3. The minimum atomic E-state index is -0.865. The van der Waals surface area contributed by atoms with Gasteiger partial charge in [-0.25, -0.2) is 9.97 Å². The molecule has 9 atom stereocenters. The van der Waals surface area contributed by atoms with E-state index >= 15 is 0 Å². The Kier molecular flexibility index (Phi) is 15.4. The van der Waals surface area contributed by atoms with Gasteiger partial charge in [0.1, 0.15) is 6.04 Å². The van der Waals surface area contributed by atoms with Crippen molar-refractivity contribution in [2.45, 2.75) is 110 Å². The fourth-order valence-corrected chi connectivity index (χ4v) is 6.93. The molecular weight excluding hydrogens is 624 g/mol. The third-order valence-electron chi connectivity index (χ3n) is 10.0. The number of likely N-dealkylation sites (N-methyl/N-ethyl adjacent to an activating group) is 1. The van der Waals surface area contributed by atoms with E-state index in [-0.39, 0.29) is 48.1 Å². The molecule has 272 valence electrons. The first-order chi connectivity index (χ1) is 23.4. The molecule has 3 amide bonds. The monoisotopic (exact) mass is 682 g/mol. The van der Waals surface area contributed by atoms with Crippen molar-refractivity contribution < 1.29 is 29.0 Å². The highest BCUT2D eigenvalue weighted by Crippen LogP contribution is 2.30. The first kappa shape index (κ1) is 39.8. The zero-order valence-electron chi connectivity index (χ0n) is 30.7. The van der Waals surface area contributed by atoms with Gasteiger partial charge in [-0.1, -0.05) is 71.4 Å². The lowest BCUT2D eigenvalue weighted by molar-refractivity contribution is -0.146. The van der Waals surface area contributed by atoms with Crippen LogP contribution < -0.4 is 10.6 Å². The summed E-state index contributed by atoms with van der Waals surface area (Å²) in [5.74, 6) is -0.731. The lowest BCUT2D eigenvalue weighted by Gasteiger charge is -2.40. The van der Waals surface area contributed by atoms with Crippen LogP contribution in [0.5, 0.6) is 0 Å². The fraction of sp³-hybridized carbons (Fsp3) is 0.649. The maximum atomic E-state index is 14.1. The second-order valence-corrected chi connectivity index (χ2v) is 13.7. The molecule has 12 nitrogen and oxygen atoms in total. The zero-order chi connectivity index (χ0) is 36.2. The van der Waals surface area contributed by atoms with Crippen LogP contribution in [0.15, 0.2) is 48.8 Å². The molecular formula is C37H58N6O6. The molecule has 3 N–H and O–H groups in total. The highest BCUT2D eigenvalue weighted by Gasteiger charge is 2.43. The van der Waals surface area contributed by atoms with Gasteiger partial charge in [0.15, 0.2) is 0 Å². The first-order valence-electron chi connectivity index (χ1n) is 17.5. The molecule has 2 aromatic rings. The Balaban J connectivity index is 1.74. The Morgan fingerprint density at radius 1 is 1.02 bits per heavy atom. The number of aliphatic hydroxyl groups is 1. The number of nitrogens with one attached hydrogen (secondary N) is 2. The number of amides is 3. The molecule has 0 radical (unpaired) electrons. The molecule has 12 heteroatoms. The van der Waals surface area contributed by atoms with Gasteiger partial charge in [-0.15, -0.1) is 0 Å². The van der Waals surface area contributed by atoms with Crippen molar-refractivity contribution in [3.05, 3.63) is 54.4 Å². The van der Waals surface area contributed by atoms with Gasteiger partial charge in [-0.2, -0.15) is 0 Å². The van der Waals surface area contributed by atoms with Crippen molar-refractivity contribution in [2.75, 3.05) is 33.1 Å². The molecule has 1 aromatic heterocycles. The van der Waals surface area contributed by atoms with Crippen molar-refractivity contribution in [2.24, 2.45) is 17.8 Å². The van der Waals surface area contributed by atoms with Crippen LogP contribution in [0.4, 0.5) is 5.95 Å². The van der Waals surface area contributed by atoms with E-state index in [0.29, 0.717) is 18.9 Å². The van der Waals surface area contributed by atoms with Crippen LogP contribution in [-0.4, -0.2) is 107 Å². The average molecular weight is 683 g/mol. The number of methoxy groups -OCH3 is 2. The van der Waals surface area contributed by atoms with Crippen LogP contribution in [0.1, 0.15) is 78.9 Å². The number of nitrogens with zero attached hydrogens (tertiary/aromatic N) is 4. The summed E-state index contributed by atoms with van der Waals surface area (Å²) in [6, 6.07) is 9.13. The van der Waals surface area contributed by atoms with Crippen molar-refractivity contribution in [1.29, 1.82) is 0 Å². The number of aromatic nitrogens is 2. The molecule has 0 bridgehead atoms. The van der Waals surface area contributed by atoms with Gasteiger partial charge in [0.2, 0.25) is 23.7 Å². The fourth-order valence-electron chi connectivity index (χ4n) is 6.93. The number of carbonyl (C=O) groups excluding carboxylic acids is 3. The van der Waals surface area contributed by atoms with Gasteiger partial charge in [0.25, 0.3) is 0 Å². The van der Waals surface area contributed by atoms with Crippen molar-refractivity contribution in [3.8, 4) is 0 Å². The van der Waals surface area contributed by atoms with E-state index in [0.717, 1.165) is 18.4 Å². The number of likely N-dealkylation sites (tertiary alicyclic amines) is 1. The highest BCUT2D eigenvalue weighted by molar-refractivity contribution is 5.85. The quantitative estimate of drug-likeness (QED) is 0.212. The van der Waals surface area contributed by atoms with Crippen LogP contribution >= 0.6 is 0 Å². The Labute approximate surface area is 292 Å².